The molecule has 0 radical (unpaired) electrons. The number of fused-ring (bicyclic) bond motifs is 1. The first-order chi connectivity index (χ1) is 9.72. The summed E-state index contributed by atoms with van der Waals surface area (Å²) in [4.78, 5) is 0. The summed E-state index contributed by atoms with van der Waals surface area (Å²) in [5, 5.41) is 41.3. The first-order valence-corrected chi connectivity index (χ1v) is 7.98. The number of hydrogen-bond donors (Lipinski definition) is 4. The predicted molar refractivity (Wildman–Crippen MR) is 81.5 cm³/mol. The quantitative estimate of drug-likeness (QED) is 0.593. The van der Waals surface area contributed by atoms with Crippen molar-refractivity contribution in [2.75, 3.05) is 6.61 Å². The molecule has 4 nitrogen and oxygen atoms in total. The summed E-state index contributed by atoms with van der Waals surface area (Å²) in [5.41, 5.74) is -1.20. The lowest BCUT2D eigenvalue weighted by Gasteiger charge is -2.63. The molecule has 0 saturated heterocycles. The van der Waals surface area contributed by atoms with Crippen LogP contribution in [0.1, 0.15) is 40.0 Å². The van der Waals surface area contributed by atoms with Crippen molar-refractivity contribution >= 4 is 0 Å². The Morgan fingerprint density at radius 2 is 1.81 bits per heavy atom. The molecule has 0 spiro atoms. The van der Waals surface area contributed by atoms with Crippen molar-refractivity contribution in [2.24, 2.45) is 28.6 Å². The third kappa shape index (κ3) is 2.37. The highest BCUT2D eigenvalue weighted by molar-refractivity contribution is 5.12. The number of rotatable bonds is 3. The first-order valence-electron chi connectivity index (χ1n) is 7.98. The average Bonchev–Trinajstić information content (AvgIpc) is 2.40. The summed E-state index contributed by atoms with van der Waals surface area (Å²) in [6.07, 6.45) is 1.40. The lowest BCUT2D eigenvalue weighted by Crippen LogP contribution is -2.66. The van der Waals surface area contributed by atoms with E-state index in [0.717, 1.165) is 6.42 Å². The molecule has 0 aromatic carbocycles. The normalized spacial score (nSPS) is 54.0. The molecule has 8 atom stereocenters. The molecular weight excluding hydrogens is 268 g/mol. The van der Waals surface area contributed by atoms with Crippen molar-refractivity contribution in [2.45, 2.75) is 58.3 Å². The lowest BCUT2D eigenvalue weighted by atomic mass is 9.44. The Morgan fingerprint density at radius 1 is 1.19 bits per heavy atom. The van der Waals surface area contributed by atoms with Gasteiger partial charge < -0.3 is 20.4 Å². The van der Waals surface area contributed by atoms with Crippen LogP contribution in [0.2, 0.25) is 0 Å². The van der Waals surface area contributed by atoms with Crippen molar-refractivity contribution < 1.29 is 20.4 Å². The fraction of sp³-hybridized carbons (Fsp3) is 0.882. The molecule has 2 aliphatic carbocycles. The number of hydrogen-bond acceptors (Lipinski definition) is 4. The molecule has 8 unspecified atom stereocenters. The highest BCUT2D eigenvalue weighted by Gasteiger charge is 2.63. The molecule has 2 rings (SSSR count). The Kier molecular flexibility index (Phi) is 4.56. The fourth-order valence-electron chi connectivity index (χ4n) is 5.53. The molecular formula is C17H30O4. The Bertz CT molecular complexity index is 398. The van der Waals surface area contributed by atoms with Gasteiger partial charge in [0.05, 0.1) is 24.9 Å². The molecule has 21 heavy (non-hydrogen) atoms. The topological polar surface area (TPSA) is 80.9 Å². The van der Waals surface area contributed by atoms with Gasteiger partial charge in [-0.25, -0.2) is 0 Å². The third-order valence-corrected chi connectivity index (χ3v) is 6.40. The summed E-state index contributed by atoms with van der Waals surface area (Å²) < 4.78 is 0. The van der Waals surface area contributed by atoms with Gasteiger partial charge >= 0.3 is 0 Å². The summed E-state index contributed by atoms with van der Waals surface area (Å²) in [5.74, 6) is 0.385. The van der Waals surface area contributed by atoms with E-state index in [2.05, 4.69) is 20.4 Å². The van der Waals surface area contributed by atoms with E-state index >= 15 is 0 Å². The van der Waals surface area contributed by atoms with Gasteiger partial charge in [0.1, 0.15) is 0 Å². The van der Waals surface area contributed by atoms with Crippen molar-refractivity contribution in [1.82, 2.24) is 0 Å². The Labute approximate surface area is 127 Å². The molecule has 4 heteroatoms. The highest BCUT2D eigenvalue weighted by atomic mass is 16.3. The standard InChI is InChI=1S/C17H30O4/c1-5-6-11-10(2)7-12(19)14-16(11,3)8-13(20)15(21)17(14,4)9-18/h5,10-15,18-21H,1,6-9H2,2-4H3. The number of aliphatic hydroxyl groups excluding tert-OH is 4. The lowest BCUT2D eigenvalue weighted by molar-refractivity contribution is -0.242. The molecule has 2 saturated carbocycles. The average molecular weight is 298 g/mol. The minimum Gasteiger partial charge on any atom is -0.396 e. The van der Waals surface area contributed by atoms with Crippen LogP contribution in [0.5, 0.6) is 0 Å². The smallest absolute Gasteiger partial charge is 0.0878 e. The van der Waals surface area contributed by atoms with Gasteiger partial charge in [-0.1, -0.05) is 26.8 Å². The second-order valence-corrected chi connectivity index (χ2v) is 7.77. The molecule has 2 fully saturated rings. The number of allylic oxidation sites excluding steroid dienone is 1. The maximum Gasteiger partial charge on any atom is 0.0878 e. The molecule has 0 aromatic rings. The van der Waals surface area contributed by atoms with Gasteiger partial charge in [-0.2, -0.15) is 0 Å². The molecule has 4 N–H and O–H groups in total. The van der Waals surface area contributed by atoms with E-state index in [1.54, 1.807) is 6.92 Å². The molecule has 0 aromatic heterocycles. The fourth-order valence-corrected chi connectivity index (χ4v) is 5.53. The maximum atomic E-state index is 10.7. The Morgan fingerprint density at radius 3 is 2.33 bits per heavy atom. The van der Waals surface area contributed by atoms with Crippen LogP contribution in [-0.4, -0.2) is 45.3 Å². The van der Waals surface area contributed by atoms with E-state index in [1.165, 1.54) is 0 Å². The van der Waals surface area contributed by atoms with E-state index in [-0.39, 0.29) is 23.9 Å². The minimum atomic E-state index is -1.01. The molecule has 0 aliphatic heterocycles. The van der Waals surface area contributed by atoms with Gasteiger partial charge in [-0.05, 0) is 36.5 Å². The van der Waals surface area contributed by atoms with Crippen LogP contribution in [0, 0.1) is 28.6 Å². The first kappa shape index (κ1) is 16.9. The Balaban J connectivity index is 2.51. The largest absolute Gasteiger partial charge is 0.396 e. The monoisotopic (exact) mass is 298 g/mol. The van der Waals surface area contributed by atoms with Gasteiger partial charge in [0.15, 0.2) is 0 Å². The van der Waals surface area contributed by atoms with Gasteiger partial charge in [-0.3, -0.25) is 0 Å². The zero-order valence-electron chi connectivity index (χ0n) is 13.4. The molecule has 0 heterocycles. The van der Waals surface area contributed by atoms with Gasteiger partial charge in [0.25, 0.3) is 0 Å². The second kappa shape index (κ2) is 5.65. The summed E-state index contributed by atoms with van der Waals surface area (Å²) >= 11 is 0. The second-order valence-electron chi connectivity index (χ2n) is 7.77. The van der Waals surface area contributed by atoms with Crippen LogP contribution in [0.4, 0.5) is 0 Å². The molecule has 2 aliphatic rings. The summed E-state index contributed by atoms with van der Waals surface area (Å²) in [6.45, 7) is 9.61. The van der Waals surface area contributed by atoms with Gasteiger partial charge in [0.2, 0.25) is 0 Å². The third-order valence-electron chi connectivity index (χ3n) is 6.40. The zero-order chi connectivity index (χ0) is 16.0. The van der Waals surface area contributed by atoms with Crippen LogP contribution < -0.4 is 0 Å². The van der Waals surface area contributed by atoms with Gasteiger partial charge in [0, 0.05) is 11.3 Å². The van der Waals surface area contributed by atoms with Crippen LogP contribution >= 0.6 is 0 Å². The molecule has 122 valence electrons. The van der Waals surface area contributed by atoms with E-state index in [9.17, 15) is 20.4 Å². The van der Waals surface area contributed by atoms with Crippen molar-refractivity contribution in [3.8, 4) is 0 Å². The van der Waals surface area contributed by atoms with Crippen LogP contribution in [-0.2, 0) is 0 Å². The SMILES string of the molecule is C=CCC1C(C)CC(O)C2C(C)(CO)C(O)C(O)CC12C. The summed E-state index contributed by atoms with van der Waals surface area (Å²) in [7, 11) is 0. The van der Waals surface area contributed by atoms with Crippen LogP contribution in [0.3, 0.4) is 0 Å². The number of aliphatic hydroxyl groups is 4. The zero-order valence-corrected chi connectivity index (χ0v) is 13.4. The van der Waals surface area contributed by atoms with Gasteiger partial charge in [-0.15, -0.1) is 6.58 Å². The Hall–Kier alpha value is -0.420. The van der Waals surface area contributed by atoms with Crippen molar-refractivity contribution in [1.29, 1.82) is 0 Å². The van der Waals surface area contributed by atoms with Crippen molar-refractivity contribution in [3.05, 3.63) is 12.7 Å². The minimum absolute atomic E-state index is 0.227. The van der Waals surface area contributed by atoms with E-state index in [0.29, 0.717) is 18.8 Å². The highest BCUT2D eigenvalue weighted by Crippen LogP contribution is 2.61. The molecule has 0 amide bonds. The van der Waals surface area contributed by atoms with Crippen LogP contribution in [0.25, 0.3) is 0 Å². The molecule has 0 bridgehead atoms. The summed E-state index contributed by atoms with van der Waals surface area (Å²) in [6, 6.07) is 0. The van der Waals surface area contributed by atoms with Crippen LogP contribution in [0.15, 0.2) is 12.7 Å². The van der Waals surface area contributed by atoms with E-state index < -0.39 is 23.7 Å². The maximum absolute atomic E-state index is 10.7. The van der Waals surface area contributed by atoms with E-state index in [1.807, 2.05) is 6.08 Å². The predicted octanol–water partition coefficient (Wildman–Crippen LogP) is 1.33. The van der Waals surface area contributed by atoms with Crippen molar-refractivity contribution in [3.63, 3.8) is 0 Å². The van der Waals surface area contributed by atoms with E-state index in [4.69, 9.17) is 0 Å².